The molecule has 1 heterocycles. The van der Waals surface area contributed by atoms with Crippen molar-refractivity contribution in [2.24, 2.45) is 0 Å². The minimum atomic E-state index is -0.642. The van der Waals surface area contributed by atoms with Gasteiger partial charge in [0.2, 0.25) is 5.91 Å². The Kier molecular flexibility index (Phi) is 4.47. The molecule has 7 heteroatoms. The molecule has 0 aliphatic carbocycles. The Morgan fingerprint density at radius 1 is 1.50 bits per heavy atom. The van der Waals surface area contributed by atoms with Gasteiger partial charge >= 0.3 is 5.82 Å². The second-order valence-electron chi connectivity index (χ2n) is 3.74. The van der Waals surface area contributed by atoms with E-state index < -0.39 is 10.8 Å². The predicted molar refractivity (Wildman–Crippen MR) is 63.0 cm³/mol. The van der Waals surface area contributed by atoms with Gasteiger partial charge in [-0.05, 0) is 28.8 Å². The van der Waals surface area contributed by atoms with E-state index in [-0.39, 0.29) is 23.7 Å². The van der Waals surface area contributed by atoms with Crippen LogP contribution in [0.15, 0.2) is 12.3 Å². The van der Waals surface area contributed by atoms with Crippen LogP contribution < -0.4 is 5.32 Å². The van der Waals surface area contributed by atoms with Crippen LogP contribution in [0.2, 0.25) is 0 Å². The second kappa shape index (κ2) is 5.85. The minimum Gasteiger partial charge on any atom is -0.358 e. The third kappa shape index (κ3) is 3.34. The maximum absolute atomic E-state index is 11.7. The topological polar surface area (TPSA) is 102 Å². The SMILES string of the molecule is CCCC(=O)NC(=O)c1cnc([N+](=O)[O-])cc1C. The highest BCUT2D eigenvalue weighted by atomic mass is 16.6. The summed E-state index contributed by atoms with van der Waals surface area (Å²) in [5.74, 6) is -1.29. The lowest BCUT2D eigenvalue weighted by atomic mass is 10.1. The van der Waals surface area contributed by atoms with Gasteiger partial charge in [-0.1, -0.05) is 6.92 Å². The third-order valence-corrected chi connectivity index (χ3v) is 2.26. The maximum atomic E-state index is 11.7. The van der Waals surface area contributed by atoms with Gasteiger partial charge < -0.3 is 10.1 Å². The van der Waals surface area contributed by atoms with Gasteiger partial charge in [0.15, 0.2) is 6.20 Å². The number of nitrogens with one attached hydrogen (secondary N) is 1. The highest BCUT2D eigenvalue weighted by molar-refractivity contribution is 6.05. The summed E-state index contributed by atoms with van der Waals surface area (Å²) >= 11 is 0. The van der Waals surface area contributed by atoms with Crippen LogP contribution >= 0.6 is 0 Å². The van der Waals surface area contributed by atoms with Crippen molar-refractivity contribution in [2.75, 3.05) is 0 Å². The van der Waals surface area contributed by atoms with E-state index in [9.17, 15) is 19.7 Å². The number of nitro groups is 1. The number of imide groups is 1. The molecule has 0 atom stereocenters. The minimum absolute atomic E-state index is 0.157. The molecule has 1 N–H and O–H groups in total. The van der Waals surface area contributed by atoms with Gasteiger partial charge in [0.05, 0.1) is 5.56 Å². The van der Waals surface area contributed by atoms with Crippen LogP contribution in [0, 0.1) is 17.0 Å². The van der Waals surface area contributed by atoms with Crippen molar-refractivity contribution in [1.29, 1.82) is 0 Å². The molecule has 0 fully saturated rings. The number of hydrogen-bond acceptors (Lipinski definition) is 5. The zero-order chi connectivity index (χ0) is 13.7. The molecular weight excluding hydrogens is 238 g/mol. The van der Waals surface area contributed by atoms with E-state index in [2.05, 4.69) is 10.3 Å². The quantitative estimate of drug-likeness (QED) is 0.642. The van der Waals surface area contributed by atoms with Crippen LogP contribution in [0.5, 0.6) is 0 Å². The predicted octanol–water partition coefficient (Wildman–Crippen LogP) is 1.35. The number of carbonyl (C=O) groups is 2. The van der Waals surface area contributed by atoms with E-state index in [0.29, 0.717) is 12.0 Å². The summed E-state index contributed by atoms with van der Waals surface area (Å²) in [6.07, 6.45) is 1.99. The number of pyridine rings is 1. The molecule has 1 rings (SSSR count). The van der Waals surface area contributed by atoms with Gasteiger partial charge in [0, 0.05) is 12.5 Å². The van der Waals surface area contributed by atoms with Gasteiger partial charge in [-0.3, -0.25) is 14.9 Å². The number of nitrogens with zero attached hydrogens (tertiary/aromatic N) is 2. The maximum Gasteiger partial charge on any atom is 0.363 e. The molecule has 0 aromatic carbocycles. The van der Waals surface area contributed by atoms with Gasteiger partial charge in [-0.15, -0.1) is 0 Å². The summed E-state index contributed by atoms with van der Waals surface area (Å²) in [6, 6.07) is 1.19. The highest BCUT2D eigenvalue weighted by Gasteiger charge is 2.17. The van der Waals surface area contributed by atoms with Crippen LogP contribution in [0.25, 0.3) is 0 Å². The Morgan fingerprint density at radius 3 is 2.67 bits per heavy atom. The Morgan fingerprint density at radius 2 is 2.17 bits per heavy atom. The van der Waals surface area contributed by atoms with Gasteiger partial charge in [-0.2, -0.15) is 0 Å². The highest BCUT2D eigenvalue weighted by Crippen LogP contribution is 2.13. The van der Waals surface area contributed by atoms with Crippen molar-refractivity contribution in [1.82, 2.24) is 10.3 Å². The number of carbonyl (C=O) groups excluding carboxylic acids is 2. The number of hydrogen-bond donors (Lipinski definition) is 1. The van der Waals surface area contributed by atoms with E-state index in [0.717, 1.165) is 6.20 Å². The lowest BCUT2D eigenvalue weighted by molar-refractivity contribution is -0.389. The summed E-state index contributed by atoms with van der Waals surface area (Å²) in [4.78, 5) is 36.3. The molecule has 0 spiro atoms. The molecule has 7 nitrogen and oxygen atoms in total. The summed E-state index contributed by atoms with van der Waals surface area (Å²) < 4.78 is 0. The fourth-order valence-electron chi connectivity index (χ4n) is 1.36. The molecule has 0 saturated carbocycles. The number of aryl methyl sites for hydroxylation is 1. The number of rotatable bonds is 4. The van der Waals surface area contributed by atoms with Gasteiger partial charge in [0.1, 0.15) is 0 Å². The van der Waals surface area contributed by atoms with Crippen LogP contribution in [0.3, 0.4) is 0 Å². The zero-order valence-corrected chi connectivity index (χ0v) is 10.1. The normalized spacial score (nSPS) is 9.89. The van der Waals surface area contributed by atoms with Crippen molar-refractivity contribution in [3.8, 4) is 0 Å². The Balaban J connectivity index is 2.87. The number of amides is 2. The van der Waals surface area contributed by atoms with E-state index in [1.165, 1.54) is 6.07 Å². The van der Waals surface area contributed by atoms with E-state index in [4.69, 9.17) is 0 Å². The summed E-state index contributed by atoms with van der Waals surface area (Å²) in [7, 11) is 0. The standard InChI is InChI=1S/C11H13N3O4/c1-3-4-10(15)13-11(16)8-6-12-9(14(17)18)5-7(8)2/h5-6H,3-4H2,1-2H3,(H,13,15,16). The first kappa shape index (κ1) is 13.8. The van der Waals surface area contributed by atoms with Crippen molar-refractivity contribution in [3.63, 3.8) is 0 Å². The van der Waals surface area contributed by atoms with Crippen molar-refractivity contribution in [2.45, 2.75) is 26.7 Å². The van der Waals surface area contributed by atoms with Crippen molar-refractivity contribution < 1.29 is 14.5 Å². The molecule has 0 bridgehead atoms. The van der Waals surface area contributed by atoms with E-state index in [1.807, 2.05) is 6.92 Å². The zero-order valence-electron chi connectivity index (χ0n) is 10.1. The summed E-state index contributed by atoms with van der Waals surface area (Å²) in [6.45, 7) is 3.37. The molecule has 1 aromatic rings. The Labute approximate surface area is 103 Å². The lowest BCUT2D eigenvalue weighted by Gasteiger charge is -2.04. The van der Waals surface area contributed by atoms with Crippen LogP contribution in [-0.2, 0) is 4.79 Å². The average molecular weight is 251 g/mol. The summed E-state index contributed by atoms with van der Waals surface area (Å²) in [5, 5.41) is 12.7. The van der Waals surface area contributed by atoms with Crippen molar-refractivity contribution >= 4 is 17.6 Å². The number of aromatic nitrogens is 1. The lowest BCUT2D eigenvalue weighted by Crippen LogP contribution is -2.30. The molecular formula is C11H13N3O4. The fourth-order valence-corrected chi connectivity index (χ4v) is 1.36. The van der Waals surface area contributed by atoms with Crippen LogP contribution in [-0.4, -0.2) is 21.7 Å². The first-order valence-corrected chi connectivity index (χ1v) is 5.41. The molecule has 0 radical (unpaired) electrons. The summed E-state index contributed by atoms with van der Waals surface area (Å²) in [5.41, 5.74) is 0.559. The van der Waals surface area contributed by atoms with E-state index in [1.54, 1.807) is 6.92 Å². The van der Waals surface area contributed by atoms with Gasteiger partial charge in [0.25, 0.3) is 5.91 Å². The smallest absolute Gasteiger partial charge is 0.358 e. The molecule has 0 saturated heterocycles. The molecule has 2 amide bonds. The Hall–Kier alpha value is -2.31. The molecule has 0 aliphatic rings. The third-order valence-electron chi connectivity index (χ3n) is 2.26. The van der Waals surface area contributed by atoms with E-state index >= 15 is 0 Å². The molecule has 1 aromatic heterocycles. The Bertz CT molecular complexity index is 499. The van der Waals surface area contributed by atoms with Crippen LogP contribution in [0.1, 0.15) is 35.7 Å². The largest absolute Gasteiger partial charge is 0.363 e. The van der Waals surface area contributed by atoms with Crippen LogP contribution in [0.4, 0.5) is 5.82 Å². The molecule has 18 heavy (non-hydrogen) atoms. The fraction of sp³-hybridized carbons (Fsp3) is 0.364. The first-order chi connectivity index (χ1) is 8.45. The average Bonchev–Trinajstić information content (AvgIpc) is 2.28. The first-order valence-electron chi connectivity index (χ1n) is 5.41. The molecule has 0 aliphatic heterocycles. The monoisotopic (exact) mass is 251 g/mol. The second-order valence-corrected chi connectivity index (χ2v) is 3.74. The molecule has 96 valence electrons. The van der Waals surface area contributed by atoms with Crippen molar-refractivity contribution in [3.05, 3.63) is 33.5 Å². The molecule has 0 unspecified atom stereocenters. The van der Waals surface area contributed by atoms with Gasteiger partial charge in [-0.25, -0.2) is 0 Å².